The predicted molar refractivity (Wildman–Crippen MR) is 107 cm³/mol. The van der Waals surface area contributed by atoms with Crippen LogP contribution in [0.2, 0.25) is 0 Å². The quantitative estimate of drug-likeness (QED) is 0.630. The van der Waals surface area contributed by atoms with Gasteiger partial charge < -0.3 is 24.2 Å². The van der Waals surface area contributed by atoms with E-state index < -0.39 is 41.0 Å². The third-order valence-electron chi connectivity index (χ3n) is 4.38. The fourth-order valence-corrected chi connectivity index (χ4v) is 7.12. The van der Waals surface area contributed by atoms with Gasteiger partial charge in [0.1, 0.15) is 24.7 Å². The molecule has 12 heteroatoms. The fourth-order valence-electron chi connectivity index (χ4n) is 3.20. The molecule has 2 saturated heterocycles. The molecule has 0 bridgehead atoms. The van der Waals surface area contributed by atoms with Crippen molar-refractivity contribution in [2.24, 2.45) is 4.99 Å². The molecule has 0 saturated carbocycles. The number of ether oxygens (including phenoxy) is 3. The van der Waals surface area contributed by atoms with Crippen molar-refractivity contribution in [1.29, 1.82) is 0 Å². The minimum Gasteiger partial charge on any atom is -0.497 e. The molecule has 1 N–H and O–H groups in total. The first-order valence-electron chi connectivity index (χ1n) is 8.53. The summed E-state index contributed by atoms with van der Waals surface area (Å²) in [6.07, 6.45) is 0. The Bertz CT molecular complexity index is 947. The van der Waals surface area contributed by atoms with Gasteiger partial charge in [0.05, 0.1) is 37.5 Å². The second-order valence-electron chi connectivity index (χ2n) is 6.38. The molecule has 158 valence electrons. The molecule has 2 fully saturated rings. The number of hydrogen-bond acceptors (Lipinski definition) is 8. The molecular formula is C17H20N2O8S2. The lowest BCUT2D eigenvalue weighted by Crippen LogP contribution is -2.38. The van der Waals surface area contributed by atoms with E-state index in [4.69, 9.17) is 19.3 Å². The predicted octanol–water partition coefficient (Wildman–Crippen LogP) is 0.406. The van der Waals surface area contributed by atoms with Gasteiger partial charge in [-0.1, -0.05) is 11.8 Å². The molecule has 0 aliphatic carbocycles. The van der Waals surface area contributed by atoms with Gasteiger partial charge in [-0.2, -0.15) is 4.99 Å². The zero-order valence-electron chi connectivity index (χ0n) is 15.7. The third kappa shape index (κ3) is 4.82. The van der Waals surface area contributed by atoms with E-state index in [-0.39, 0.29) is 16.8 Å². The van der Waals surface area contributed by atoms with Crippen molar-refractivity contribution in [3.8, 4) is 11.5 Å². The summed E-state index contributed by atoms with van der Waals surface area (Å²) < 4.78 is 39.8. The monoisotopic (exact) mass is 444 g/mol. The molecule has 1 aromatic carbocycles. The van der Waals surface area contributed by atoms with Crippen LogP contribution in [0.1, 0.15) is 0 Å². The summed E-state index contributed by atoms with van der Waals surface area (Å²) >= 11 is 1.19. The zero-order valence-corrected chi connectivity index (χ0v) is 17.4. The number of benzene rings is 1. The molecular weight excluding hydrogens is 424 g/mol. The summed E-state index contributed by atoms with van der Waals surface area (Å²) in [5.41, 5.74) is 0.530. The van der Waals surface area contributed by atoms with Gasteiger partial charge in [-0.25, -0.2) is 13.2 Å². The molecule has 2 aliphatic heterocycles. The minimum absolute atomic E-state index is 0.0200. The molecule has 29 heavy (non-hydrogen) atoms. The Morgan fingerprint density at radius 2 is 2.00 bits per heavy atom. The summed E-state index contributed by atoms with van der Waals surface area (Å²) in [6, 6.07) is 4.66. The van der Waals surface area contributed by atoms with Crippen LogP contribution >= 0.6 is 11.8 Å². The van der Waals surface area contributed by atoms with E-state index >= 15 is 0 Å². The Kier molecular flexibility index (Phi) is 6.34. The SMILES string of the molecule is COc1ccc(OC)c(N2C(=NC(=O)COCC(=O)O)SC3CS(=O)(=O)CC32)c1. The van der Waals surface area contributed by atoms with E-state index in [1.807, 2.05) is 0 Å². The van der Waals surface area contributed by atoms with Crippen LogP contribution < -0.4 is 14.4 Å². The van der Waals surface area contributed by atoms with Crippen LogP contribution in [0, 0.1) is 0 Å². The van der Waals surface area contributed by atoms with Gasteiger partial charge in [-0.15, -0.1) is 0 Å². The maximum absolute atomic E-state index is 12.2. The second kappa shape index (κ2) is 8.59. The van der Waals surface area contributed by atoms with Gasteiger partial charge in [-0.05, 0) is 12.1 Å². The molecule has 0 spiro atoms. The Morgan fingerprint density at radius 3 is 2.66 bits per heavy atom. The first kappa shape index (κ1) is 21.4. The normalized spacial score (nSPS) is 23.8. The summed E-state index contributed by atoms with van der Waals surface area (Å²) in [5.74, 6) is -0.947. The Hall–Kier alpha value is -2.31. The van der Waals surface area contributed by atoms with Gasteiger partial charge >= 0.3 is 5.97 Å². The minimum atomic E-state index is -3.22. The number of carbonyl (C=O) groups is 2. The highest BCUT2D eigenvalue weighted by Crippen LogP contribution is 2.44. The number of amidine groups is 1. The number of aliphatic carboxylic acids is 1. The molecule has 3 rings (SSSR count). The molecule has 2 heterocycles. The van der Waals surface area contributed by atoms with Crippen molar-refractivity contribution in [3.63, 3.8) is 0 Å². The number of anilines is 1. The lowest BCUT2D eigenvalue weighted by Gasteiger charge is -2.26. The highest BCUT2D eigenvalue weighted by molar-refractivity contribution is 8.16. The summed E-state index contributed by atoms with van der Waals surface area (Å²) in [6.45, 7) is -1.10. The maximum atomic E-state index is 12.2. The average Bonchev–Trinajstić information content (AvgIpc) is 3.11. The van der Waals surface area contributed by atoms with Crippen LogP contribution in [-0.2, 0) is 24.2 Å². The third-order valence-corrected chi connectivity index (χ3v) is 7.59. The van der Waals surface area contributed by atoms with E-state index in [0.29, 0.717) is 22.4 Å². The van der Waals surface area contributed by atoms with E-state index in [0.717, 1.165) is 0 Å². The molecule has 2 aliphatic rings. The van der Waals surface area contributed by atoms with Crippen molar-refractivity contribution in [2.45, 2.75) is 11.3 Å². The van der Waals surface area contributed by atoms with Gasteiger partial charge in [0, 0.05) is 11.3 Å². The number of aliphatic imine (C=N–C) groups is 1. The number of hydrogen-bond donors (Lipinski definition) is 1. The first-order valence-corrected chi connectivity index (χ1v) is 11.2. The van der Waals surface area contributed by atoms with E-state index in [2.05, 4.69) is 4.99 Å². The van der Waals surface area contributed by atoms with Crippen molar-refractivity contribution >= 4 is 44.3 Å². The topological polar surface area (TPSA) is 132 Å². The van der Waals surface area contributed by atoms with Crippen LogP contribution in [0.4, 0.5) is 5.69 Å². The molecule has 10 nitrogen and oxygen atoms in total. The average molecular weight is 444 g/mol. The zero-order chi connectivity index (χ0) is 21.2. The van der Waals surface area contributed by atoms with Crippen LogP contribution in [0.25, 0.3) is 0 Å². The van der Waals surface area contributed by atoms with E-state index in [1.165, 1.54) is 26.0 Å². The van der Waals surface area contributed by atoms with Crippen LogP contribution in [0.15, 0.2) is 23.2 Å². The molecule has 2 atom stereocenters. The van der Waals surface area contributed by atoms with Crippen molar-refractivity contribution < 1.29 is 37.3 Å². The fraction of sp³-hybridized carbons (Fsp3) is 0.471. The number of fused-ring (bicyclic) bond motifs is 1. The Balaban J connectivity index is 1.96. The number of methoxy groups -OCH3 is 2. The smallest absolute Gasteiger partial charge is 0.329 e. The number of carboxylic acids is 1. The standard InChI is InChI=1S/C17H20N2O8S2/c1-25-10-3-4-13(26-2)11(5-10)19-12-8-29(23,24)9-14(12)28-17(19)18-15(20)6-27-7-16(21)22/h3-5,12,14H,6-9H2,1-2H3,(H,21,22). The molecule has 1 amide bonds. The number of sulfone groups is 1. The highest BCUT2D eigenvalue weighted by Gasteiger charge is 2.50. The largest absolute Gasteiger partial charge is 0.497 e. The van der Waals surface area contributed by atoms with Crippen LogP contribution in [0.3, 0.4) is 0 Å². The highest BCUT2D eigenvalue weighted by atomic mass is 32.2. The number of carbonyl (C=O) groups excluding carboxylic acids is 1. The molecule has 0 aromatic heterocycles. The maximum Gasteiger partial charge on any atom is 0.329 e. The molecule has 1 aromatic rings. The van der Waals surface area contributed by atoms with Crippen molar-refractivity contribution in [3.05, 3.63) is 18.2 Å². The van der Waals surface area contributed by atoms with Gasteiger partial charge in [0.15, 0.2) is 15.0 Å². The van der Waals surface area contributed by atoms with Crippen LogP contribution in [0.5, 0.6) is 11.5 Å². The number of thioether (sulfide) groups is 1. The van der Waals surface area contributed by atoms with Crippen LogP contribution in [-0.4, -0.2) is 80.8 Å². The van der Waals surface area contributed by atoms with Gasteiger partial charge in [0.25, 0.3) is 5.91 Å². The van der Waals surface area contributed by atoms with Gasteiger partial charge in [-0.3, -0.25) is 4.79 Å². The number of amides is 1. The lowest BCUT2D eigenvalue weighted by atomic mass is 10.2. The first-order chi connectivity index (χ1) is 13.7. The van der Waals surface area contributed by atoms with Gasteiger partial charge in [0.2, 0.25) is 0 Å². The lowest BCUT2D eigenvalue weighted by molar-refractivity contribution is -0.143. The number of rotatable bonds is 7. The second-order valence-corrected chi connectivity index (χ2v) is 9.74. The summed E-state index contributed by atoms with van der Waals surface area (Å²) in [7, 11) is -0.231. The summed E-state index contributed by atoms with van der Waals surface area (Å²) in [5, 5.41) is 8.62. The number of nitrogens with zero attached hydrogens (tertiary/aromatic N) is 2. The Morgan fingerprint density at radius 1 is 1.24 bits per heavy atom. The number of carboxylic acid groups (broad SMARTS) is 1. The molecule has 0 radical (unpaired) electrons. The molecule has 2 unspecified atom stereocenters. The van der Waals surface area contributed by atoms with Crippen molar-refractivity contribution in [2.75, 3.05) is 43.8 Å². The van der Waals surface area contributed by atoms with Crippen molar-refractivity contribution in [1.82, 2.24) is 0 Å². The van der Waals surface area contributed by atoms with E-state index in [9.17, 15) is 18.0 Å². The Labute approximate surface area is 171 Å². The summed E-state index contributed by atoms with van der Waals surface area (Å²) in [4.78, 5) is 28.4. The van der Waals surface area contributed by atoms with E-state index in [1.54, 1.807) is 23.1 Å².